The maximum absolute atomic E-state index is 5.80. The molecule has 1 aromatic carbocycles. The Balaban J connectivity index is 1.77. The van der Waals surface area contributed by atoms with Crippen molar-refractivity contribution in [2.24, 2.45) is 0 Å². The van der Waals surface area contributed by atoms with Gasteiger partial charge in [-0.1, -0.05) is 12.1 Å². The van der Waals surface area contributed by atoms with Gasteiger partial charge in [-0.15, -0.1) is 0 Å². The van der Waals surface area contributed by atoms with Gasteiger partial charge >= 0.3 is 0 Å². The first kappa shape index (κ1) is 11.4. The fourth-order valence-corrected chi connectivity index (χ4v) is 2.34. The maximum atomic E-state index is 5.80. The van der Waals surface area contributed by atoms with Crippen LogP contribution in [0.2, 0.25) is 0 Å². The van der Waals surface area contributed by atoms with E-state index in [-0.39, 0.29) is 6.04 Å². The zero-order valence-corrected chi connectivity index (χ0v) is 10.7. The second-order valence-electron chi connectivity index (χ2n) is 4.75. The molecule has 1 atom stereocenters. The summed E-state index contributed by atoms with van der Waals surface area (Å²) in [5.74, 6) is 2.00. The van der Waals surface area contributed by atoms with Crippen LogP contribution in [-0.2, 0) is 6.54 Å². The van der Waals surface area contributed by atoms with E-state index in [1.807, 2.05) is 12.1 Å². The van der Waals surface area contributed by atoms with Gasteiger partial charge in [-0.25, -0.2) is 0 Å². The summed E-state index contributed by atoms with van der Waals surface area (Å²) in [7, 11) is 0. The Hall–Kier alpha value is -1.74. The summed E-state index contributed by atoms with van der Waals surface area (Å²) >= 11 is 0. The van der Waals surface area contributed by atoms with Crippen LogP contribution in [-0.4, -0.2) is 6.61 Å². The van der Waals surface area contributed by atoms with E-state index < -0.39 is 0 Å². The number of fused-ring (bicyclic) bond motifs is 1. The fourth-order valence-electron chi connectivity index (χ4n) is 2.34. The minimum atomic E-state index is 0.254. The molecule has 0 saturated heterocycles. The average molecular weight is 243 g/mol. The number of furan rings is 1. The largest absolute Gasteiger partial charge is 0.491 e. The lowest BCUT2D eigenvalue weighted by Crippen LogP contribution is -2.21. The van der Waals surface area contributed by atoms with E-state index in [1.165, 1.54) is 16.7 Å². The van der Waals surface area contributed by atoms with Crippen LogP contribution in [0.3, 0.4) is 0 Å². The van der Waals surface area contributed by atoms with Gasteiger partial charge in [0.1, 0.15) is 18.1 Å². The summed E-state index contributed by atoms with van der Waals surface area (Å²) in [6.07, 6.45) is 1.70. The van der Waals surface area contributed by atoms with Crippen molar-refractivity contribution in [3.8, 4) is 5.75 Å². The second kappa shape index (κ2) is 4.50. The van der Waals surface area contributed by atoms with Gasteiger partial charge in [-0.3, -0.25) is 5.32 Å². The van der Waals surface area contributed by atoms with Crippen molar-refractivity contribution in [1.82, 2.24) is 5.32 Å². The SMILES string of the molecule is Cc1ccc2c(c1C)OCC2NCc1ccco1. The molecule has 1 N–H and O–H groups in total. The molecule has 18 heavy (non-hydrogen) atoms. The molecule has 2 aromatic rings. The molecule has 2 heterocycles. The minimum absolute atomic E-state index is 0.254. The van der Waals surface area contributed by atoms with Gasteiger partial charge in [0.2, 0.25) is 0 Å². The zero-order chi connectivity index (χ0) is 12.5. The van der Waals surface area contributed by atoms with Crippen LogP contribution in [0.5, 0.6) is 5.75 Å². The Kier molecular flexibility index (Phi) is 2.84. The van der Waals surface area contributed by atoms with E-state index >= 15 is 0 Å². The van der Waals surface area contributed by atoms with Crippen LogP contribution in [0.15, 0.2) is 34.9 Å². The quantitative estimate of drug-likeness (QED) is 0.899. The molecule has 1 aliphatic rings. The van der Waals surface area contributed by atoms with Gasteiger partial charge in [0.15, 0.2) is 0 Å². The molecule has 1 aromatic heterocycles. The number of nitrogens with one attached hydrogen (secondary N) is 1. The highest BCUT2D eigenvalue weighted by atomic mass is 16.5. The van der Waals surface area contributed by atoms with Crippen molar-refractivity contribution in [3.05, 3.63) is 53.0 Å². The number of rotatable bonds is 3. The average Bonchev–Trinajstić information content (AvgIpc) is 3.00. The minimum Gasteiger partial charge on any atom is -0.491 e. The Morgan fingerprint density at radius 2 is 2.17 bits per heavy atom. The number of ether oxygens (including phenoxy) is 1. The van der Waals surface area contributed by atoms with Crippen molar-refractivity contribution >= 4 is 0 Å². The summed E-state index contributed by atoms with van der Waals surface area (Å²) in [6.45, 7) is 5.65. The summed E-state index contributed by atoms with van der Waals surface area (Å²) in [6, 6.07) is 8.45. The first-order valence-corrected chi connectivity index (χ1v) is 6.24. The summed E-state index contributed by atoms with van der Waals surface area (Å²) < 4.78 is 11.1. The topological polar surface area (TPSA) is 34.4 Å². The first-order chi connectivity index (χ1) is 8.75. The molecule has 1 unspecified atom stereocenters. The van der Waals surface area contributed by atoms with Crippen LogP contribution in [0.1, 0.15) is 28.5 Å². The zero-order valence-electron chi connectivity index (χ0n) is 10.7. The van der Waals surface area contributed by atoms with Crippen molar-refractivity contribution < 1.29 is 9.15 Å². The van der Waals surface area contributed by atoms with Gasteiger partial charge < -0.3 is 9.15 Å². The monoisotopic (exact) mass is 243 g/mol. The van der Waals surface area contributed by atoms with Crippen LogP contribution >= 0.6 is 0 Å². The molecule has 3 nitrogen and oxygen atoms in total. The molecule has 0 bridgehead atoms. The Morgan fingerprint density at radius 1 is 1.28 bits per heavy atom. The third kappa shape index (κ3) is 1.91. The van der Waals surface area contributed by atoms with Crippen molar-refractivity contribution in [1.29, 1.82) is 0 Å². The van der Waals surface area contributed by atoms with Gasteiger partial charge in [0, 0.05) is 5.56 Å². The van der Waals surface area contributed by atoms with Crippen molar-refractivity contribution in [2.45, 2.75) is 26.4 Å². The molecule has 3 rings (SSSR count). The summed E-state index contributed by atoms with van der Waals surface area (Å²) in [5, 5.41) is 3.47. The highest BCUT2D eigenvalue weighted by Gasteiger charge is 2.25. The molecule has 0 radical (unpaired) electrons. The van der Waals surface area contributed by atoms with E-state index in [9.17, 15) is 0 Å². The Labute approximate surface area is 107 Å². The van der Waals surface area contributed by atoms with E-state index in [0.717, 1.165) is 18.1 Å². The first-order valence-electron chi connectivity index (χ1n) is 6.24. The normalized spacial score (nSPS) is 17.6. The van der Waals surface area contributed by atoms with Gasteiger partial charge in [-0.2, -0.15) is 0 Å². The smallest absolute Gasteiger partial charge is 0.127 e. The van der Waals surface area contributed by atoms with Crippen LogP contribution in [0.4, 0.5) is 0 Å². The summed E-state index contributed by atoms with van der Waals surface area (Å²) in [4.78, 5) is 0. The van der Waals surface area contributed by atoms with Gasteiger partial charge in [-0.05, 0) is 37.1 Å². The lowest BCUT2D eigenvalue weighted by molar-refractivity contribution is 0.305. The van der Waals surface area contributed by atoms with E-state index in [4.69, 9.17) is 9.15 Å². The molecule has 3 heteroatoms. The van der Waals surface area contributed by atoms with E-state index in [1.54, 1.807) is 6.26 Å². The maximum Gasteiger partial charge on any atom is 0.127 e. The highest BCUT2D eigenvalue weighted by molar-refractivity contribution is 5.49. The molecular weight excluding hydrogens is 226 g/mol. The molecule has 0 aliphatic carbocycles. The molecule has 0 fully saturated rings. The van der Waals surface area contributed by atoms with Gasteiger partial charge in [0.25, 0.3) is 0 Å². The van der Waals surface area contributed by atoms with Crippen LogP contribution in [0.25, 0.3) is 0 Å². The number of aryl methyl sites for hydroxylation is 1. The van der Waals surface area contributed by atoms with Gasteiger partial charge in [0.05, 0.1) is 18.8 Å². The third-order valence-electron chi connectivity index (χ3n) is 3.58. The molecule has 1 aliphatic heterocycles. The van der Waals surface area contributed by atoms with Crippen LogP contribution < -0.4 is 10.1 Å². The number of hydrogen-bond acceptors (Lipinski definition) is 3. The lowest BCUT2D eigenvalue weighted by Gasteiger charge is -2.11. The fraction of sp³-hybridized carbons (Fsp3) is 0.333. The molecule has 0 amide bonds. The lowest BCUT2D eigenvalue weighted by atomic mass is 10.0. The second-order valence-corrected chi connectivity index (χ2v) is 4.75. The molecule has 94 valence electrons. The molecule has 0 spiro atoms. The number of hydrogen-bond donors (Lipinski definition) is 1. The highest BCUT2D eigenvalue weighted by Crippen LogP contribution is 2.36. The molecule has 0 saturated carbocycles. The molecular formula is C15H17NO2. The third-order valence-corrected chi connectivity index (χ3v) is 3.58. The predicted molar refractivity (Wildman–Crippen MR) is 69.7 cm³/mol. The Bertz CT molecular complexity index is 546. The Morgan fingerprint density at radius 3 is 2.94 bits per heavy atom. The van der Waals surface area contributed by atoms with E-state index in [2.05, 4.69) is 31.3 Å². The van der Waals surface area contributed by atoms with E-state index in [0.29, 0.717) is 6.61 Å². The predicted octanol–water partition coefficient (Wildman–Crippen LogP) is 3.12. The van der Waals surface area contributed by atoms with Crippen LogP contribution in [0, 0.1) is 13.8 Å². The standard InChI is InChI=1S/C15H17NO2/c1-10-5-6-13-14(9-18-15(13)11(10)2)16-8-12-4-3-7-17-12/h3-7,14,16H,8-9H2,1-2H3. The van der Waals surface area contributed by atoms with Crippen molar-refractivity contribution in [3.63, 3.8) is 0 Å². The summed E-state index contributed by atoms with van der Waals surface area (Å²) in [5.41, 5.74) is 3.78. The number of benzene rings is 1. The van der Waals surface area contributed by atoms with Crippen molar-refractivity contribution in [2.75, 3.05) is 6.61 Å².